The SMILES string of the molecule is CCOC(=O)c1cc2cc(CC(=O)[C@H]3NCC[C@@H]3c3ccc(OC)cc3)ccc2[nH]1. The first-order valence-corrected chi connectivity index (χ1v) is 10.3. The summed E-state index contributed by atoms with van der Waals surface area (Å²) in [5.74, 6) is 0.780. The highest BCUT2D eigenvalue weighted by Gasteiger charge is 2.33. The van der Waals surface area contributed by atoms with Crippen LogP contribution in [0.2, 0.25) is 0 Å². The molecule has 0 aliphatic carbocycles. The number of ether oxygens (including phenoxy) is 2. The van der Waals surface area contributed by atoms with E-state index < -0.39 is 0 Å². The summed E-state index contributed by atoms with van der Waals surface area (Å²) in [4.78, 5) is 28.1. The Balaban J connectivity index is 1.49. The van der Waals surface area contributed by atoms with E-state index in [4.69, 9.17) is 9.47 Å². The fraction of sp³-hybridized carbons (Fsp3) is 0.333. The number of nitrogens with one attached hydrogen (secondary N) is 2. The molecule has 2 N–H and O–H groups in total. The van der Waals surface area contributed by atoms with E-state index in [1.807, 2.05) is 42.5 Å². The predicted octanol–water partition coefficient (Wildman–Crippen LogP) is 3.61. The third kappa shape index (κ3) is 4.09. The molecule has 6 heteroatoms. The second-order valence-corrected chi connectivity index (χ2v) is 7.57. The summed E-state index contributed by atoms with van der Waals surface area (Å²) < 4.78 is 10.3. The molecule has 0 bridgehead atoms. The average molecular weight is 406 g/mol. The lowest BCUT2D eigenvalue weighted by Crippen LogP contribution is -2.35. The molecule has 0 amide bonds. The maximum absolute atomic E-state index is 13.1. The highest BCUT2D eigenvalue weighted by atomic mass is 16.5. The highest BCUT2D eigenvalue weighted by Crippen LogP contribution is 2.30. The zero-order valence-electron chi connectivity index (χ0n) is 17.2. The Bertz CT molecular complexity index is 1050. The Morgan fingerprint density at radius 2 is 1.90 bits per heavy atom. The molecule has 0 radical (unpaired) electrons. The molecule has 1 fully saturated rings. The number of aromatic nitrogens is 1. The summed E-state index contributed by atoms with van der Waals surface area (Å²) in [5, 5.41) is 4.27. The second kappa shape index (κ2) is 8.71. The summed E-state index contributed by atoms with van der Waals surface area (Å²) in [5.41, 5.74) is 3.36. The first kappa shape index (κ1) is 20.2. The van der Waals surface area contributed by atoms with Crippen LogP contribution >= 0.6 is 0 Å². The van der Waals surface area contributed by atoms with Gasteiger partial charge in [0.25, 0.3) is 0 Å². The zero-order valence-corrected chi connectivity index (χ0v) is 17.2. The van der Waals surface area contributed by atoms with Crippen molar-refractivity contribution in [2.45, 2.75) is 31.7 Å². The number of rotatable bonds is 7. The lowest BCUT2D eigenvalue weighted by Gasteiger charge is -2.19. The molecule has 0 unspecified atom stereocenters. The molecule has 2 aromatic carbocycles. The normalized spacial score (nSPS) is 18.5. The minimum atomic E-state index is -0.371. The molecule has 1 aliphatic rings. The Kier molecular flexibility index (Phi) is 5.86. The number of hydrogen-bond donors (Lipinski definition) is 2. The molecule has 156 valence electrons. The van der Waals surface area contributed by atoms with Crippen LogP contribution in [0.5, 0.6) is 5.75 Å². The van der Waals surface area contributed by atoms with Crippen LogP contribution in [0, 0.1) is 0 Å². The van der Waals surface area contributed by atoms with Gasteiger partial charge in [-0.15, -0.1) is 0 Å². The lowest BCUT2D eigenvalue weighted by atomic mass is 9.88. The number of H-pyrrole nitrogens is 1. The van der Waals surface area contributed by atoms with Crippen molar-refractivity contribution >= 4 is 22.7 Å². The number of esters is 1. The average Bonchev–Trinajstić information content (AvgIpc) is 3.41. The van der Waals surface area contributed by atoms with Gasteiger partial charge in [0.2, 0.25) is 0 Å². The number of carbonyl (C=O) groups is 2. The van der Waals surface area contributed by atoms with Crippen molar-refractivity contribution in [3.8, 4) is 5.75 Å². The molecule has 2 atom stereocenters. The molecule has 1 aromatic heterocycles. The van der Waals surface area contributed by atoms with Gasteiger partial charge in [-0.05, 0) is 61.3 Å². The molecule has 3 aromatic rings. The van der Waals surface area contributed by atoms with Crippen LogP contribution in [0.3, 0.4) is 0 Å². The maximum atomic E-state index is 13.1. The number of ketones is 1. The number of methoxy groups -OCH3 is 1. The van der Waals surface area contributed by atoms with Crippen LogP contribution in [-0.4, -0.2) is 43.0 Å². The van der Waals surface area contributed by atoms with Gasteiger partial charge < -0.3 is 19.8 Å². The first-order valence-electron chi connectivity index (χ1n) is 10.3. The van der Waals surface area contributed by atoms with Gasteiger partial charge in [0.15, 0.2) is 5.78 Å². The van der Waals surface area contributed by atoms with Crippen molar-refractivity contribution in [1.29, 1.82) is 0 Å². The molecule has 1 aliphatic heterocycles. The number of benzene rings is 2. The van der Waals surface area contributed by atoms with Crippen molar-refractivity contribution in [2.75, 3.05) is 20.3 Å². The minimum absolute atomic E-state index is 0.162. The second-order valence-electron chi connectivity index (χ2n) is 7.57. The molecule has 6 nitrogen and oxygen atoms in total. The third-order valence-electron chi connectivity index (χ3n) is 5.67. The lowest BCUT2D eigenvalue weighted by molar-refractivity contribution is -0.120. The van der Waals surface area contributed by atoms with Crippen LogP contribution in [0.25, 0.3) is 10.9 Å². The van der Waals surface area contributed by atoms with E-state index in [1.165, 1.54) is 0 Å². The number of Topliss-reactive ketones (excluding diaryl/α,β-unsaturated/α-hetero) is 1. The van der Waals surface area contributed by atoms with Crippen LogP contribution in [0.1, 0.15) is 40.9 Å². The van der Waals surface area contributed by atoms with Crippen molar-refractivity contribution in [2.24, 2.45) is 0 Å². The van der Waals surface area contributed by atoms with Crippen LogP contribution < -0.4 is 10.1 Å². The molecular formula is C24H26N2O4. The maximum Gasteiger partial charge on any atom is 0.354 e. The van der Waals surface area contributed by atoms with Gasteiger partial charge >= 0.3 is 5.97 Å². The summed E-state index contributed by atoms with van der Waals surface area (Å²) in [6.07, 6.45) is 1.28. The Labute approximate surface area is 175 Å². The molecule has 4 rings (SSSR count). The number of hydrogen-bond acceptors (Lipinski definition) is 5. The standard InChI is InChI=1S/C24H26N2O4/c1-3-30-24(28)21-14-17-12-15(4-9-20(17)26-21)13-22(27)23-19(10-11-25-23)16-5-7-18(29-2)8-6-16/h4-9,12,14,19,23,25-26H,3,10-11,13H2,1-2H3/t19-,23+/m1/s1. The monoisotopic (exact) mass is 406 g/mol. The predicted molar refractivity (Wildman–Crippen MR) is 115 cm³/mol. The van der Waals surface area contributed by atoms with E-state index in [2.05, 4.69) is 10.3 Å². The zero-order chi connectivity index (χ0) is 21.1. The number of carbonyl (C=O) groups excluding carboxylic acids is 2. The van der Waals surface area contributed by atoms with Gasteiger partial charge in [-0.2, -0.15) is 0 Å². The fourth-order valence-corrected chi connectivity index (χ4v) is 4.17. The Morgan fingerprint density at radius 1 is 1.10 bits per heavy atom. The molecule has 1 saturated heterocycles. The third-order valence-corrected chi connectivity index (χ3v) is 5.67. The van der Waals surface area contributed by atoms with E-state index >= 15 is 0 Å². The van der Waals surface area contributed by atoms with Gasteiger partial charge in [-0.25, -0.2) is 4.79 Å². The highest BCUT2D eigenvalue weighted by molar-refractivity contribution is 5.95. The largest absolute Gasteiger partial charge is 0.497 e. The van der Waals surface area contributed by atoms with Crippen molar-refractivity contribution in [3.05, 3.63) is 65.4 Å². The van der Waals surface area contributed by atoms with Crippen molar-refractivity contribution in [3.63, 3.8) is 0 Å². The molecule has 30 heavy (non-hydrogen) atoms. The van der Waals surface area contributed by atoms with E-state index in [-0.39, 0.29) is 23.7 Å². The van der Waals surface area contributed by atoms with Gasteiger partial charge in [0.05, 0.1) is 19.8 Å². The van der Waals surface area contributed by atoms with Gasteiger partial charge in [-0.3, -0.25) is 4.79 Å². The summed E-state index contributed by atoms with van der Waals surface area (Å²) in [6, 6.07) is 15.3. The molecule has 0 spiro atoms. The van der Waals surface area contributed by atoms with Crippen LogP contribution in [0.15, 0.2) is 48.5 Å². The van der Waals surface area contributed by atoms with Gasteiger partial charge in [0, 0.05) is 23.2 Å². The summed E-state index contributed by atoms with van der Waals surface area (Å²) >= 11 is 0. The van der Waals surface area contributed by atoms with E-state index in [9.17, 15) is 9.59 Å². The van der Waals surface area contributed by atoms with E-state index in [0.29, 0.717) is 18.7 Å². The van der Waals surface area contributed by atoms with Crippen molar-refractivity contribution in [1.82, 2.24) is 10.3 Å². The van der Waals surface area contributed by atoms with Gasteiger partial charge in [-0.1, -0.05) is 18.2 Å². The molecular weight excluding hydrogens is 380 g/mol. The molecule has 2 heterocycles. The van der Waals surface area contributed by atoms with Crippen LogP contribution in [-0.2, 0) is 16.0 Å². The number of aromatic amines is 1. The summed E-state index contributed by atoms with van der Waals surface area (Å²) in [7, 11) is 1.65. The Morgan fingerprint density at radius 3 is 2.63 bits per heavy atom. The van der Waals surface area contributed by atoms with Crippen LogP contribution in [0.4, 0.5) is 0 Å². The van der Waals surface area contributed by atoms with Crippen molar-refractivity contribution < 1.29 is 19.1 Å². The van der Waals surface area contributed by atoms with Gasteiger partial charge in [0.1, 0.15) is 11.4 Å². The smallest absolute Gasteiger partial charge is 0.354 e. The fourth-order valence-electron chi connectivity index (χ4n) is 4.17. The topological polar surface area (TPSA) is 80.4 Å². The summed E-state index contributed by atoms with van der Waals surface area (Å²) in [6.45, 7) is 2.94. The van der Waals surface area contributed by atoms with E-state index in [1.54, 1.807) is 20.1 Å². The Hall–Kier alpha value is -3.12. The quantitative estimate of drug-likeness (QED) is 0.586. The van der Waals surface area contributed by atoms with E-state index in [0.717, 1.165) is 40.7 Å². The minimum Gasteiger partial charge on any atom is -0.497 e. The number of fused-ring (bicyclic) bond motifs is 1. The first-order chi connectivity index (χ1) is 14.6. The molecule has 0 saturated carbocycles.